The van der Waals surface area contributed by atoms with Gasteiger partial charge in [0.1, 0.15) is 11.3 Å². The van der Waals surface area contributed by atoms with Crippen molar-refractivity contribution in [2.75, 3.05) is 12.4 Å². The van der Waals surface area contributed by atoms with Crippen LogP contribution in [0.15, 0.2) is 36.5 Å². The van der Waals surface area contributed by atoms with Crippen LogP contribution in [0.3, 0.4) is 0 Å². The standard InChI is InChI=1S/C16H14N4O3/c1-10(22)18-16-19-14-7-11(9-21)8-17-15(14)20(16)12-3-5-13(23-2)6-4-12/h3-9H,1-2H3,(H,18,19,22). The fourth-order valence-electron chi connectivity index (χ4n) is 2.26. The highest BCUT2D eigenvalue weighted by Gasteiger charge is 2.15. The average Bonchev–Trinajstić information content (AvgIpc) is 2.90. The van der Waals surface area contributed by atoms with Crippen molar-refractivity contribution in [3.05, 3.63) is 42.1 Å². The maximum Gasteiger partial charge on any atom is 0.223 e. The average molecular weight is 310 g/mol. The van der Waals surface area contributed by atoms with Crippen LogP contribution in [-0.4, -0.2) is 33.8 Å². The van der Waals surface area contributed by atoms with Crippen molar-refractivity contribution in [1.29, 1.82) is 0 Å². The second-order valence-corrected chi connectivity index (χ2v) is 4.88. The lowest BCUT2D eigenvalue weighted by Gasteiger charge is -2.09. The number of aldehydes is 1. The number of hydrogen-bond acceptors (Lipinski definition) is 5. The van der Waals surface area contributed by atoms with Crippen LogP contribution in [0.25, 0.3) is 16.9 Å². The van der Waals surface area contributed by atoms with Gasteiger partial charge in [-0.2, -0.15) is 0 Å². The molecule has 0 saturated heterocycles. The molecule has 0 aliphatic carbocycles. The minimum absolute atomic E-state index is 0.245. The third-order valence-electron chi connectivity index (χ3n) is 3.27. The third-order valence-corrected chi connectivity index (χ3v) is 3.27. The van der Waals surface area contributed by atoms with Crippen molar-refractivity contribution in [1.82, 2.24) is 14.5 Å². The van der Waals surface area contributed by atoms with E-state index in [0.717, 1.165) is 11.4 Å². The number of methoxy groups -OCH3 is 1. The Morgan fingerprint density at radius 1 is 1.30 bits per heavy atom. The van der Waals surface area contributed by atoms with Crippen LogP contribution in [0, 0.1) is 0 Å². The predicted octanol–water partition coefficient (Wildman–Crippen LogP) is 2.20. The number of imidazole rings is 1. The number of ether oxygens (including phenoxy) is 1. The summed E-state index contributed by atoms with van der Waals surface area (Å²) in [6.07, 6.45) is 2.17. The highest BCUT2D eigenvalue weighted by atomic mass is 16.5. The molecule has 7 nitrogen and oxygen atoms in total. The zero-order valence-electron chi connectivity index (χ0n) is 12.6. The van der Waals surface area contributed by atoms with Gasteiger partial charge in [0.2, 0.25) is 11.9 Å². The number of rotatable bonds is 4. The van der Waals surface area contributed by atoms with Crippen LogP contribution >= 0.6 is 0 Å². The zero-order valence-corrected chi connectivity index (χ0v) is 12.6. The van der Waals surface area contributed by atoms with Gasteiger partial charge in [0, 0.05) is 18.7 Å². The molecular formula is C16H14N4O3. The van der Waals surface area contributed by atoms with Gasteiger partial charge in [-0.1, -0.05) is 0 Å². The van der Waals surface area contributed by atoms with E-state index in [0.29, 0.717) is 29.0 Å². The quantitative estimate of drug-likeness (QED) is 0.747. The predicted molar refractivity (Wildman–Crippen MR) is 85.1 cm³/mol. The number of pyridine rings is 1. The molecule has 0 fully saturated rings. The van der Waals surface area contributed by atoms with E-state index in [1.165, 1.54) is 13.1 Å². The number of nitrogens with zero attached hydrogens (tertiary/aromatic N) is 3. The van der Waals surface area contributed by atoms with Crippen LogP contribution in [0.4, 0.5) is 5.95 Å². The lowest BCUT2D eigenvalue weighted by atomic mass is 10.3. The molecule has 0 unspecified atom stereocenters. The van der Waals surface area contributed by atoms with Crippen LogP contribution in [0.2, 0.25) is 0 Å². The van der Waals surface area contributed by atoms with Crippen molar-refractivity contribution >= 4 is 29.3 Å². The molecule has 0 atom stereocenters. The van der Waals surface area contributed by atoms with Crippen LogP contribution in [-0.2, 0) is 4.79 Å². The zero-order chi connectivity index (χ0) is 16.4. The first kappa shape index (κ1) is 14.7. The first-order chi connectivity index (χ1) is 11.1. The number of benzene rings is 1. The van der Waals surface area contributed by atoms with E-state index in [1.807, 2.05) is 12.1 Å². The molecule has 0 bridgehead atoms. The maximum atomic E-state index is 11.4. The van der Waals surface area contributed by atoms with Crippen molar-refractivity contribution < 1.29 is 14.3 Å². The number of aromatic nitrogens is 3. The molecule has 0 spiro atoms. The number of amides is 1. The Morgan fingerprint density at radius 3 is 2.65 bits per heavy atom. The minimum Gasteiger partial charge on any atom is -0.497 e. The lowest BCUT2D eigenvalue weighted by molar-refractivity contribution is -0.114. The van der Waals surface area contributed by atoms with E-state index in [9.17, 15) is 9.59 Å². The molecule has 2 heterocycles. The van der Waals surface area contributed by atoms with Gasteiger partial charge in [-0.3, -0.25) is 19.5 Å². The monoisotopic (exact) mass is 310 g/mol. The van der Waals surface area contributed by atoms with Crippen molar-refractivity contribution in [2.24, 2.45) is 0 Å². The fourth-order valence-corrected chi connectivity index (χ4v) is 2.26. The summed E-state index contributed by atoms with van der Waals surface area (Å²) in [5, 5.41) is 2.68. The molecule has 0 radical (unpaired) electrons. The van der Waals surface area contributed by atoms with Gasteiger partial charge in [0.15, 0.2) is 11.9 Å². The number of fused-ring (bicyclic) bond motifs is 1. The number of carbonyl (C=O) groups excluding carboxylic acids is 2. The van der Waals surface area contributed by atoms with E-state index in [2.05, 4.69) is 15.3 Å². The van der Waals surface area contributed by atoms with Gasteiger partial charge >= 0.3 is 0 Å². The molecule has 3 aromatic rings. The molecular weight excluding hydrogens is 296 g/mol. The maximum absolute atomic E-state index is 11.4. The number of nitrogens with one attached hydrogen (secondary N) is 1. The highest BCUT2D eigenvalue weighted by molar-refractivity contribution is 5.91. The van der Waals surface area contributed by atoms with E-state index < -0.39 is 0 Å². The largest absolute Gasteiger partial charge is 0.497 e. The summed E-state index contributed by atoms with van der Waals surface area (Å²) in [6.45, 7) is 1.40. The van der Waals surface area contributed by atoms with Gasteiger partial charge in [0.05, 0.1) is 12.8 Å². The SMILES string of the molecule is COc1ccc(-n2c(NC(C)=O)nc3cc(C=O)cnc32)cc1. The summed E-state index contributed by atoms with van der Waals surface area (Å²) in [5.74, 6) is 0.814. The number of hydrogen-bond donors (Lipinski definition) is 1. The molecule has 1 N–H and O–H groups in total. The molecule has 1 aromatic carbocycles. The Hall–Kier alpha value is -3.22. The van der Waals surface area contributed by atoms with Crippen molar-refractivity contribution in [3.63, 3.8) is 0 Å². The van der Waals surface area contributed by atoms with E-state index in [-0.39, 0.29) is 5.91 Å². The second-order valence-electron chi connectivity index (χ2n) is 4.88. The highest BCUT2D eigenvalue weighted by Crippen LogP contribution is 2.25. The van der Waals surface area contributed by atoms with Crippen molar-refractivity contribution in [2.45, 2.75) is 6.92 Å². The summed E-state index contributed by atoms with van der Waals surface area (Å²) < 4.78 is 6.86. The minimum atomic E-state index is -0.245. The van der Waals surface area contributed by atoms with Gasteiger partial charge < -0.3 is 4.74 Å². The summed E-state index contributed by atoms with van der Waals surface area (Å²) in [4.78, 5) is 31.0. The summed E-state index contributed by atoms with van der Waals surface area (Å²) in [6, 6.07) is 8.90. The van der Waals surface area contributed by atoms with Gasteiger partial charge in [-0.05, 0) is 30.3 Å². The summed E-state index contributed by atoms with van der Waals surface area (Å²) >= 11 is 0. The molecule has 1 amide bonds. The van der Waals surface area contributed by atoms with Crippen molar-refractivity contribution in [3.8, 4) is 11.4 Å². The Labute approximate surface area is 131 Å². The number of anilines is 1. The van der Waals surface area contributed by atoms with Crippen LogP contribution in [0.5, 0.6) is 5.75 Å². The Balaban J connectivity index is 2.21. The molecule has 116 valence electrons. The summed E-state index contributed by atoms with van der Waals surface area (Å²) in [5.41, 5.74) is 2.26. The fraction of sp³-hybridized carbons (Fsp3) is 0.125. The molecule has 0 aliphatic rings. The van der Waals surface area contributed by atoms with E-state index >= 15 is 0 Å². The van der Waals surface area contributed by atoms with E-state index in [4.69, 9.17) is 4.74 Å². The van der Waals surface area contributed by atoms with Gasteiger partial charge in [0.25, 0.3) is 0 Å². The summed E-state index contributed by atoms with van der Waals surface area (Å²) in [7, 11) is 1.59. The number of carbonyl (C=O) groups is 2. The molecule has 0 saturated carbocycles. The Kier molecular flexibility index (Phi) is 3.76. The Bertz CT molecular complexity index is 884. The van der Waals surface area contributed by atoms with Gasteiger partial charge in [-0.15, -0.1) is 0 Å². The normalized spacial score (nSPS) is 10.5. The van der Waals surface area contributed by atoms with Gasteiger partial charge in [-0.25, -0.2) is 9.97 Å². The lowest BCUT2D eigenvalue weighted by Crippen LogP contribution is -2.11. The first-order valence-electron chi connectivity index (χ1n) is 6.88. The third kappa shape index (κ3) is 2.76. The molecule has 0 aliphatic heterocycles. The molecule has 2 aromatic heterocycles. The second kappa shape index (κ2) is 5.88. The smallest absolute Gasteiger partial charge is 0.223 e. The topological polar surface area (TPSA) is 86.1 Å². The van der Waals surface area contributed by atoms with E-state index in [1.54, 1.807) is 29.9 Å². The van der Waals surface area contributed by atoms with Crippen LogP contribution in [0.1, 0.15) is 17.3 Å². The molecule has 23 heavy (non-hydrogen) atoms. The molecule has 3 rings (SSSR count). The van der Waals surface area contributed by atoms with Crippen LogP contribution < -0.4 is 10.1 Å². The molecule has 7 heteroatoms. The Morgan fingerprint density at radius 2 is 2.04 bits per heavy atom. The first-order valence-corrected chi connectivity index (χ1v) is 6.88.